The number of halogens is 1. The van der Waals surface area contributed by atoms with Crippen LogP contribution in [0.25, 0.3) is 0 Å². The first-order valence-electron chi connectivity index (χ1n) is 6.37. The minimum atomic E-state index is -0.898. The summed E-state index contributed by atoms with van der Waals surface area (Å²) in [6.45, 7) is 1.92. The van der Waals surface area contributed by atoms with Crippen LogP contribution < -0.4 is 5.32 Å². The Labute approximate surface area is 123 Å². The van der Waals surface area contributed by atoms with Crippen molar-refractivity contribution in [3.05, 3.63) is 70.7 Å². The fraction of sp³-hybridized carbons (Fsp3) is 0.188. The Kier molecular flexibility index (Phi) is 4.77. The SMILES string of the molecule is CC(NC(C(=O)O)c1ccccc1)c1cccc(Cl)c1. The van der Waals surface area contributed by atoms with Crippen molar-refractivity contribution in [2.75, 3.05) is 0 Å². The summed E-state index contributed by atoms with van der Waals surface area (Å²) in [5.41, 5.74) is 1.69. The van der Waals surface area contributed by atoms with Gasteiger partial charge in [0.2, 0.25) is 0 Å². The Bertz CT molecular complexity index is 586. The minimum absolute atomic E-state index is 0.116. The number of hydrogen-bond donors (Lipinski definition) is 2. The molecule has 0 bridgehead atoms. The molecular weight excluding hydrogens is 274 g/mol. The van der Waals surface area contributed by atoms with Gasteiger partial charge in [0.05, 0.1) is 0 Å². The minimum Gasteiger partial charge on any atom is -0.480 e. The summed E-state index contributed by atoms with van der Waals surface area (Å²) >= 11 is 5.96. The molecule has 2 rings (SSSR count). The maximum atomic E-state index is 11.4. The Morgan fingerprint density at radius 1 is 1.10 bits per heavy atom. The highest BCUT2D eigenvalue weighted by Crippen LogP contribution is 2.22. The molecular formula is C16H16ClNO2. The fourth-order valence-electron chi connectivity index (χ4n) is 2.08. The quantitative estimate of drug-likeness (QED) is 0.880. The number of carbonyl (C=O) groups is 1. The highest BCUT2D eigenvalue weighted by molar-refractivity contribution is 6.30. The molecule has 0 aliphatic heterocycles. The average molecular weight is 290 g/mol. The molecule has 0 saturated heterocycles. The van der Waals surface area contributed by atoms with Crippen molar-refractivity contribution in [1.82, 2.24) is 5.32 Å². The zero-order valence-electron chi connectivity index (χ0n) is 11.1. The highest BCUT2D eigenvalue weighted by Gasteiger charge is 2.21. The number of carboxylic acid groups (broad SMARTS) is 1. The molecule has 0 saturated carbocycles. The molecule has 0 spiro atoms. The fourth-order valence-corrected chi connectivity index (χ4v) is 2.28. The lowest BCUT2D eigenvalue weighted by atomic mass is 10.0. The molecule has 0 amide bonds. The molecule has 2 aromatic carbocycles. The third-order valence-corrected chi connectivity index (χ3v) is 3.38. The number of hydrogen-bond acceptors (Lipinski definition) is 2. The predicted molar refractivity (Wildman–Crippen MR) is 79.8 cm³/mol. The van der Waals surface area contributed by atoms with Gasteiger partial charge in [0, 0.05) is 11.1 Å². The molecule has 2 aromatic rings. The lowest BCUT2D eigenvalue weighted by Gasteiger charge is -2.21. The molecule has 2 unspecified atom stereocenters. The summed E-state index contributed by atoms with van der Waals surface area (Å²) in [5, 5.41) is 13.1. The van der Waals surface area contributed by atoms with E-state index in [-0.39, 0.29) is 6.04 Å². The van der Waals surface area contributed by atoms with E-state index in [9.17, 15) is 9.90 Å². The van der Waals surface area contributed by atoms with Gasteiger partial charge in [-0.15, -0.1) is 0 Å². The number of benzene rings is 2. The predicted octanol–water partition coefficient (Wildman–Crippen LogP) is 3.82. The van der Waals surface area contributed by atoms with Crippen LogP contribution in [-0.4, -0.2) is 11.1 Å². The van der Waals surface area contributed by atoms with Gasteiger partial charge >= 0.3 is 5.97 Å². The van der Waals surface area contributed by atoms with Gasteiger partial charge in [-0.25, -0.2) is 0 Å². The second-order valence-corrected chi connectivity index (χ2v) is 5.06. The van der Waals surface area contributed by atoms with Crippen LogP contribution in [0.2, 0.25) is 5.02 Å². The second kappa shape index (κ2) is 6.55. The third-order valence-electron chi connectivity index (χ3n) is 3.15. The molecule has 20 heavy (non-hydrogen) atoms. The van der Waals surface area contributed by atoms with E-state index >= 15 is 0 Å². The van der Waals surface area contributed by atoms with Crippen LogP contribution in [0.3, 0.4) is 0 Å². The Morgan fingerprint density at radius 3 is 2.35 bits per heavy atom. The van der Waals surface area contributed by atoms with Gasteiger partial charge in [0.15, 0.2) is 0 Å². The first-order chi connectivity index (χ1) is 9.58. The molecule has 0 radical (unpaired) electrons. The van der Waals surface area contributed by atoms with Gasteiger partial charge in [0.25, 0.3) is 0 Å². The summed E-state index contributed by atoms with van der Waals surface area (Å²) in [7, 11) is 0. The van der Waals surface area contributed by atoms with Crippen LogP contribution in [0.1, 0.15) is 30.1 Å². The van der Waals surface area contributed by atoms with Crippen LogP contribution in [0, 0.1) is 0 Å². The largest absolute Gasteiger partial charge is 0.480 e. The van der Waals surface area contributed by atoms with Crippen LogP contribution in [-0.2, 0) is 4.79 Å². The van der Waals surface area contributed by atoms with E-state index < -0.39 is 12.0 Å². The smallest absolute Gasteiger partial charge is 0.325 e. The normalized spacial score (nSPS) is 13.7. The van der Waals surface area contributed by atoms with E-state index in [1.807, 2.05) is 43.3 Å². The summed E-state index contributed by atoms with van der Waals surface area (Å²) in [4.78, 5) is 11.4. The zero-order chi connectivity index (χ0) is 14.5. The van der Waals surface area contributed by atoms with E-state index in [0.29, 0.717) is 5.02 Å². The van der Waals surface area contributed by atoms with Gasteiger partial charge in [0.1, 0.15) is 6.04 Å². The van der Waals surface area contributed by atoms with Crippen molar-refractivity contribution < 1.29 is 9.90 Å². The van der Waals surface area contributed by atoms with E-state index in [1.54, 1.807) is 18.2 Å². The Hall–Kier alpha value is -1.84. The van der Waals surface area contributed by atoms with E-state index in [2.05, 4.69) is 5.32 Å². The number of rotatable bonds is 5. The van der Waals surface area contributed by atoms with Crippen LogP contribution in [0.15, 0.2) is 54.6 Å². The van der Waals surface area contributed by atoms with Crippen molar-refractivity contribution in [1.29, 1.82) is 0 Å². The van der Waals surface area contributed by atoms with E-state index in [1.165, 1.54) is 0 Å². The topological polar surface area (TPSA) is 49.3 Å². The third kappa shape index (κ3) is 3.59. The first-order valence-corrected chi connectivity index (χ1v) is 6.75. The van der Waals surface area contributed by atoms with Crippen molar-refractivity contribution in [3.63, 3.8) is 0 Å². The van der Waals surface area contributed by atoms with Gasteiger partial charge < -0.3 is 5.11 Å². The van der Waals surface area contributed by atoms with Crippen molar-refractivity contribution in [2.45, 2.75) is 19.0 Å². The van der Waals surface area contributed by atoms with Crippen LogP contribution >= 0.6 is 11.6 Å². The van der Waals surface area contributed by atoms with Crippen molar-refractivity contribution >= 4 is 17.6 Å². The Balaban J connectivity index is 2.19. The van der Waals surface area contributed by atoms with E-state index in [4.69, 9.17) is 11.6 Å². The molecule has 0 aliphatic rings. The van der Waals surface area contributed by atoms with Gasteiger partial charge in [-0.05, 0) is 30.2 Å². The maximum Gasteiger partial charge on any atom is 0.325 e. The van der Waals surface area contributed by atoms with Crippen LogP contribution in [0.4, 0.5) is 0 Å². The summed E-state index contributed by atoms with van der Waals surface area (Å²) in [5.74, 6) is -0.898. The molecule has 2 atom stereocenters. The molecule has 0 heterocycles. The number of nitrogens with one attached hydrogen (secondary N) is 1. The molecule has 3 nitrogen and oxygen atoms in total. The van der Waals surface area contributed by atoms with Crippen LogP contribution in [0.5, 0.6) is 0 Å². The monoisotopic (exact) mass is 289 g/mol. The Morgan fingerprint density at radius 2 is 1.75 bits per heavy atom. The highest BCUT2D eigenvalue weighted by atomic mass is 35.5. The summed E-state index contributed by atoms with van der Waals surface area (Å²) in [6, 6.07) is 15.7. The second-order valence-electron chi connectivity index (χ2n) is 4.63. The molecule has 104 valence electrons. The molecule has 4 heteroatoms. The summed E-state index contributed by atoms with van der Waals surface area (Å²) < 4.78 is 0. The lowest BCUT2D eigenvalue weighted by molar-refractivity contribution is -0.139. The molecule has 0 aromatic heterocycles. The van der Waals surface area contributed by atoms with Crippen molar-refractivity contribution in [3.8, 4) is 0 Å². The lowest BCUT2D eigenvalue weighted by Crippen LogP contribution is -2.30. The standard InChI is InChI=1S/C16H16ClNO2/c1-11(13-8-5-9-14(17)10-13)18-15(16(19)20)12-6-3-2-4-7-12/h2-11,15,18H,1H3,(H,19,20). The number of carboxylic acids is 1. The maximum absolute atomic E-state index is 11.4. The van der Waals surface area contributed by atoms with Gasteiger partial charge in [-0.3, -0.25) is 10.1 Å². The van der Waals surface area contributed by atoms with E-state index in [0.717, 1.165) is 11.1 Å². The molecule has 0 fully saturated rings. The average Bonchev–Trinajstić information content (AvgIpc) is 2.45. The number of aliphatic carboxylic acids is 1. The molecule has 0 aliphatic carbocycles. The zero-order valence-corrected chi connectivity index (χ0v) is 11.8. The van der Waals surface area contributed by atoms with Gasteiger partial charge in [-0.1, -0.05) is 54.1 Å². The molecule has 2 N–H and O–H groups in total. The summed E-state index contributed by atoms with van der Waals surface area (Å²) in [6.07, 6.45) is 0. The van der Waals surface area contributed by atoms with Gasteiger partial charge in [-0.2, -0.15) is 0 Å². The van der Waals surface area contributed by atoms with Crippen molar-refractivity contribution in [2.24, 2.45) is 0 Å². The first kappa shape index (κ1) is 14.6.